The number of hydrogen-bond donors (Lipinski definition) is 2. The summed E-state index contributed by atoms with van der Waals surface area (Å²) in [5, 5.41) is 10.8. The lowest BCUT2D eigenvalue weighted by Gasteiger charge is -2.24. The minimum atomic E-state index is -1.02. The van der Waals surface area contributed by atoms with Gasteiger partial charge in [-0.05, 0) is 12.1 Å². The van der Waals surface area contributed by atoms with Crippen LogP contribution in [0.4, 0.5) is 0 Å². The van der Waals surface area contributed by atoms with Crippen LogP contribution < -0.4 is 24.7 Å². The molecule has 2 aromatic rings. The summed E-state index contributed by atoms with van der Waals surface area (Å²) in [7, 11) is 6.14. The molecule has 7 heteroatoms. The van der Waals surface area contributed by atoms with E-state index in [2.05, 4.69) is 0 Å². The molecule has 0 aromatic heterocycles. The molecule has 0 amide bonds. The van der Waals surface area contributed by atoms with Gasteiger partial charge in [0.25, 0.3) is 0 Å². The first kappa shape index (κ1) is 20.9. The fraction of sp³-hybridized carbons (Fsp3) is 0.333. The van der Waals surface area contributed by atoms with Crippen molar-refractivity contribution in [3.63, 3.8) is 0 Å². The third-order valence-corrected chi connectivity index (χ3v) is 3.88. The number of nitrogens with two attached hydrogens (primary N) is 1. The summed E-state index contributed by atoms with van der Waals surface area (Å²) in [6.07, 6.45) is -1.02. The average Bonchev–Trinajstić information content (AvgIpc) is 2.64. The van der Waals surface area contributed by atoms with Crippen LogP contribution in [0.1, 0.15) is 23.3 Å². The molecule has 0 aliphatic heterocycles. The summed E-state index contributed by atoms with van der Waals surface area (Å²) in [4.78, 5) is 0. The predicted molar refractivity (Wildman–Crippen MR) is 98.2 cm³/mol. The molecule has 0 radical (unpaired) electrons. The molecular formula is C18H24ClNO5. The fourth-order valence-corrected chi connectivity index (χ4v) is 2.68. The maximum atomic E-state index is 10.8. The third kappa shape index (κ3) is 4.10. The third-order valence-electron chi connectivity index (χ3n) is 3.88. The predicted octanol–water partition coefficient (Wildman–Crippen LogP) is 2.88. The van der Waals surface area contributed by atoms with Gasteiger partial charge in [-0.25, -0.2) is 0 Å². The van der Waals surface area contributed by atoms with Gasteiger partial charge in [0.2, 0.25) is 0 Å². The summed E-state index contributed by atoms with van der Waals surface area (Å²) < 4.78 is 21.3. The molecule has 0 bridgehead atoms. The highest BCUT2D eigenvalue weighted by molar-refractivity contribution is 5.85. The lowest BCUT2D eigenvalue weighted by atomic mass is 9.94. The van der Waals surface area contributed by atoms with E-state index < -0.39 is 12.1 Å². The molecule has 2 aromatic carbocycles. The van der Waals surface area contributed by atoms with Crippen molar-refractivity contribution >= 4 is 12.4 Å². The van der Waals surface area contributed by atoms with Gasteiger partial charge in [0.05, 0.1) is 34.5 Å². The highest BCUT2D eigenvalue weighted by atomic mass is 35.5. The molecule has 0 spiro atoms. The summed E-state index contributed by atoms with van der Waals surface area (Å²) in [6, 6.07) is 9.90. The molecule has 0 heterocycles. The van der Waals surface area contributed by atoms with E-state index in [-0.39, 0.29) is 12.4 Å². The van der Waals surface area contributed by atoms with Gasteiger partial charge in [0, 0.05) is 11.1 Å². The molecule has 0 saturated carbocycles. The van der Waals surface area contributed by atoms with Crippen LogP contribution in [0.5, 0.6) is 23.0 Å². The SMILES string of the molecule is COc1cccc(C(N)C(O)c2cccc(OC)c2OC)c1OC.Cl. The molecule has 0 aliphatic rings. The number of para-hydroxylation sites is 2. The minimum absolute atomic E-state index is 0. The van der Waals surface area contributed by atoms with Crippen LogP contribution in [0.3, 0.4) is 0 Å². The largest absolute Gasteiger partial charge is 0.493 e. The van der Waals surface area contributed by atoms with E-state index in [0.717, 1.165) is 0 Å². The first-order valence-corrected chi connectivity index (χ1v) is 7.44. The molecule has 2 atom stereocenters. The molecule has 2 unspecified atom stereocenters. The van der Waals surface area contributed by atoms with Crippen molar-refractivity contribution in [2.75, 3.05) is 28.4 Å². The normalized spacial score (nSPS) is 12.6. The second-order valence-electron chi connectivity index (χ2n) is 5.14. The molecule has 0 fully saturated rings. The molecule has 0 saturated heterocycles. The second-order valence-corrected chi connectivity index (χ2v) is 5.14. The summed E-state index contributed by atoms with van der Waals surface area (Å²) in [5.41, 5.74) is 7.47. The fourth-order valence-electron chi connectivity index (χ4n) is 2.68. The van der Waals surface area contributed by atoms with Gasteiger partial charge >= 0.3 is 0 Å². The maximum absolute atomic E-state index is 10.8. The van der Waals surface area contributed by atoms with Gasteiger partial charge in [-0.2, -0.15) is 0 Å². The highest BCUT2D eigenvalue weighted by Gasteiger charge is 2.27. The Morgan fingerprint density at radius 2 is 1.20 bits per heavy atom. The van der Waals surface area contributed by atoms with Crippen molar-refractivity contribution in [3.8, 4) is 23.0 Å². The standard InChI is InChI=1S/C18H23NO5.ClH/c1-21-13-9-5-7-11(17(13)23-3)15(19)16(20)12-8-6-10-14(22-2)18(12)24-4;/h5-10,15-16,20H,19H2,1-4H3;1H. The van der Waals surface area contributed by atoms with E-state index in [1.165, 1.54) is 14.2 Å². The average molecular weight is 370 g/mol. The van der Waals surface area contributed by atoms with Crippen LogP contribution in [-0.4, -0.2) is 33.5 Å². The lowest BCUT2D eigenvalue weighted by Crippen LogP contribution is -2.21. The minimum Gasteiger partial charge on any atom is -0.493 e. The Labute approximate surface area is 153 Å². The number of ether oxygens (including phenoxy) is 4. The van der Waals surface area contributed by atoms with Crippen molar-refractivity contribution in [2.45, 2.75) is 12.1 Å². The summed E-state index contributed by atoms with van der Waals surface area (Å²) >= 11 is 0. The lowest BCUT2D eigenvalue weighted by molar-refractivity contribution is 0.141. The van der Waals surface area contributed by atoms with Crippen molar-refractivity contribution in [1.82, 2.24) is 0 Å². The number of rotatable bonds is 7. The van der Waals surface area contributed by atoms with Crippen LogP contribution in [-0.2, 0) is 0 Å². The monoisotopic (exact) mass is 369 g/mol. The molecule has 25 heavy (non-hydrogen) atoms. The molecule has 138 valence electrons. The van der Waals surface area contributed by atoms with Crippen LogP contribution in [0.15, 0.2) is 36.4 Å². The number of aliphatic hydroxyl groups excluding tert-OH is 1. The maximum Gasteiger partial charge on any atom is 0.166 e. The molecule has 3 N–H and O–H groups in total. The molecule has 0 aliphatic carbocycles. The smallest absolute Gasteiger partial charge is 0.166 e. The zero-order valence-electron chi connectivity index (χ0n) is 14.7. The highest BCUT2D eigenvalue weighted by Crippen LogP contribution is 2.42. The Balaban J connectivity index is 0.00000312. The first-order chi connectivity index (χ1) is 11.6. The van der Waals surface area contributed by atoms with Crippen LogP contribution in [0, 0.1) is 0 Å². The molecular weight excluding hydrogens is 346 g/mol. The van der Waals surface area contributed by atoms with Crippen LogP contribution in [0.2, 0.25) is 0 Å². The van der Waals surface area contributed by atoms with Crippen molar-refractivity contribution in [1.29, 1.82) is 0 Å². The van der Waals surface area contributed by atoms with Gasteiger partial charge in [0.15, 0.2) is 23.0 Å². The first-order valence-electron chi connectivity index (χ1n) is 7.44. The Bertz CT molecular complexity index is 636. The number of hydrogen-bond acceptors (Lipinski definition) is 6. The second kappa shape index (κ2) is 9.36. The quantitative estimate of drug-likeness (QED) is 0.780. The zero-order valence-corrected chi connectivity index (χ0v) is 15.5. The van der Waals surface area contributed by atoms with Crippen molar-refractivity contribution < 1.29 is 24.1 Å². The Kier molecular flexibility index (Phi) is 7.83. The van der Waals surface area contributed by atoms with E-state index >= 15 is 0 Å². The summed E-state index contributed by atoms with van der Waals surface area (Å²) in [6.45, 7) is 0. The van der Waals surface area contributed by atoms with Gasteiger partial charge in [-0.3, -0.25) is 0 Å². The Morgan fingerprint density at radius 3 is 1.64 bits per heavy atom. The van der Waals surface area contributed by atoms with Crippen molar-refractivity contribution in [3.05, 3.63) is 47.5 Å². The van der Waals surface area contributed by atoms with Gasteiger partial charge < -0.3 is 29.8 Å². The zero-order chi connectivity index (χ0) is 17.7. The molecule has 2 rings (SSSR count). The van der Waals surface area contributed by atoms with Gasteiger partial charge in [-0.1, -0.05) is 24.3 Å². The Hall–Kier alpha value is -2.15. The Morgan fingerprint density at radius 1 is 0.760 bits per heavy atom. The topological polar surface area (TPSA) is 83.2 Å². The summed E-state index contributed by atoms with van der Waals surface area (Å²) in [5.74, 6) is 2.02. The number of aliphatic hydroxyl groups is 1. The number of methoxy groups -OCH3 is 4. The number of halogens is 1. The van der Waals surface area contributed by atoms with E-state index in [4.69, 9.17) is 24.7 Å². The van der Waals surface area contributed by atoms with Crippen LogP contribution >= 0.6 is 12.4 Å². The van der Waals surface area contributed by atoms with Crippen LogP contribution in [0.25, 0.3) is 0 Å². The van der Waals surface area contributed by atoms with E-state index in [0.29, 0.717) is 34.1 Å². The van der Waals surface area contributed by atoms with E-state index in [1.54, 1.807) is 50.6 Å². The van der Waals surface area contributed by atoms with E-state index in [1.807, 2.05) is 0 Å². The van der Waals surface area contributed by atoms with Gasteiger partial charge in [0.1, 0.15) is 6.10 Å². The van der Waals surface area contributed by atoms with E-state index in [9.17, 15) is 5.11 Å². The van der Waals surface area contributed by atoms with Crippen molar-refractivity contribution in [2.24, 2.45) is 5.73 Å². The van der Waals surface area contributed by atoms with Gasteiger partial charge in [-0.15, -0.1) is 12.4 Å². The number of benzene rings is 2. The molecule has 6 nitrogen and oxygen atoms in total.